The number of amides is 2. The van der Waals surface area contributed by atoms with Gasteiger partial charge < -0.3 is 24.7 Å². The summed E-state index contributed by atoms with van der Waals surface area (Å²) in [5.41, 5.74) is -2.23. The molecule has 2 bridgehead atoms. The van der Waals surface area contributed by atoms with Gasteiger partial charge in [-0.3, -0.25) is 14.4 Å². The quantitative estimate of drug-likeness (QED) is 0.330. The van der Waals surface area contributed by atoms with Crippen LogP contribution in [0, 0.1) is 23.7 Å². The largest absolute Gasteiger partial charge is 0.481 e. The van der Waals surface area contributed by atoms with Crippen LogP contribution in [0.5, 0.6) is 0 Å². The molecule has 8 heteroatoms. The Kier molecular flexibility index (Phi) is 7.82. The Hall–Kier alpha value is -1.93. The van der Waals surface area contributed by atoms with E-state index in [4.69, 9.17) is 4.74 Å². The number of carboxylic acid groups (broad SMARTS) is 1. The maximum Gasteiger partial charge on any atom is 0.310 e. The van der Waals surface area contributed by atoms with Gasteiger partial charge >= 0.3 is 5.97 Å². The number of unbranched alkanes of at least 4 members (excludes halogenated alkanes) is 2. The van der Waals surface area contributed by atoms with Gasteiger partial charge in [0, 0.05) is 13.1 Å². The number of carbonyl (C=O) groups excluding carboxylic acids is 2. The Bertz CT molecular complexity index is 817. The molecule has 3 aliphatic rings. The van der Waals surface area contributed by atoms with Crippen molar-refractivity contribution in [2.24, 2.45) is 23.7 Å². The molecule has 2 N–H and O–H groups in total. The molecular formula is C26H42N2O6. The number of likely N-dealkylation sites (tertiary alicyclic amines) is 1. The maximum atomic E-state index is 14.2. The van der Waals surface area contributed by atoms with Crippen molar-refractivity contribution in [3.63, 3.8) is 0 Å². The zero-order chi connectivity index (χ0) is 25.4. The van der Waals surface area contributed by atoms with Crippen LogP contribution in [0.25, 0.3) is 0 Å². The predicted molar refractivity (Wildman–Crippen MR) is 128 cm³/mol. The first-order valence-corrected chi connectivity index (χ1v) is 12.8. The first kappa shape index (κ1) is 26.7. The number of fused-ring (bicyclic) bond motifs is 1. The van der Waals surface area contributed by atoms with E-state index in [0.717, 1.165) is 19.3 Å². The van der Waals surface area contributed by atoms with Gasteiger partial charge in [0.1, 0.15) is 17.6 Å². The second-order valence-electron chi connectivity index (χ2n) is 10.7. The van der Waals surface area contributed by atoms with Crippen LogP contribution in [0.15, 0.2) is 12.7 Å². The smallest absolute Gasteiger partial charge is 0.310 e. The number of ether oxygens (including phenoxy) is 1. The number of hydrogen-bond donors (Lipinski definition) is 2. The highest BCUT2D eigenvalue weighted by atomic mass is 16.5. The van der Waals surface area contributed by atoms with Crippen molar-refractivity contribution >= 4 is 17.8 Å². The van der Waals surface area contributed by atoms with Crippen molar-refractivity contribution in [1.82, 2.24) is 9.80 Å². The molecule has 0 saturated carbocycles. The Morgan fingerprint density at radius 3 is 2.56 bits per heavy atom. The third-order valence-corrected chi connectivity index (χ3v) is 8.79. The topological polar surface area (TPSA) is 107 Å². The fourth-order valence-electron chi connectivity index (χ4n) is 6.68. The van der Waals surface area contributed by atoms with Gasteiger partial charge in [-0.25, -0.2) is 0 Å². The summed E-state index contributed by atoms with van der Waals surface area (Å²) in [6.07, 6.45) is 5.63. The number of aliphatic hydroxyl groups is 1. The standard InChI is InChI=1S/C26H42N2O6/c1-7-10-11-13-27(12-8-2)23(31)21-26-14-17(5)25(6,34-26)20(24(32)33)19(26)22(30)28(21)18(15-29)16(4)9-3/h8,16-21,29H,2,7,9-15H2,1,3-6H3,(H,32,33)/t16-,17?,18-,19-,20-,21?,25+,26?/m0/s1. The molecule has 0 aromatic heterocycles. The molecule has 1 spiro atoms. The second-order valence-corrected chi connectivity index (χ2v) is 10.7. The first-order chi connectivity index (χ1) is 16.0. The summed E-state index contributed by atoms with van der Waals surface area (Å²) in [6, 6.07) is -1.56. The molecular weight excluding hydrogens is 436 g/mol. The van der Waals surface area contributed by atoms with Gasteiger partial charge in [0.2, 0.25) is 11.8 Å². The summed E-state index contributed by atoms with van der Waals surface area (Å²) < 4.78 is 6.56. The van der Waals surface area contributed by atoms with Crippen molar-refractivity contribution in [3.05, 3.63) is 12.7 Å². The van der Waals surface area contributed by atoms with Crippen molar-refractivity contribution in [2.75, 3.05) is 19.7 Å². The zero-order valence-electron chi connectivity index (χ0n) is 21.3. The van der Waals surface area contributed by atoms with E-state index in [0.29, 0.717) is 25.9 Å². The van der Waals surface area contributed by atoms with Crippen molar-refractivity contribution in [3.8, 4) is 0 Å². The Balaban J connectivity index is 2.13. The fraction of sp³-hybridized carbons (Fsp3) is 0.808. The number of aliphatic hydroxyl groups excluding tert-OH is 1. The summed E-state index contributed by atoms with van der Waals surface area (Å²) in [5.74, 6) is -3.87. The molecule has 0 aromatic carbocycles. The Morgan fingerprint density at radius 1 is 1.35 bits per heavy atom. The number of carboxylic acids is 1. The van der Waals surface area contributed by atoms with E-state index in [2.05, 4.69) is 13.5 Å². The highest BCUT2D eigenvalue weighted by Gasteiger charge is 2.80. The molecule has 2 amide bonds. The minimum atomic E-state index is -1.21. The van der Waals surface area contributed by atoms with E-state index in [1.165, 1.54) is 4.90 Å². The number of nitrogens with zero attached hydrogens (tertiary/aromatic N) is 2. The van der Waals surface area contributed by atoms with E-state index < -0.39 is 41.1 Å². The number of rotatable bonds is 12. The minimum Gasteiger partial charge on any atom is -0.481 e. The summed E-state index contributed by atoms with van der Waals surface area (Å²) in [6.45, 7) is 14.1. The van der Waals surface area contributed by atoms with Gasteiger partial charge in [0.05, 0.1) is 24.2 Å². The molecule has 3 fully saturated rings. The average molecular weight is 479 g/mol. The Morgan fingerprint density at radius 2 is 2.03 bits per heavy atom. The summed E-state index contributed by atoms with van der Waals surface area (Å²) >= 11 is 0. The third kappa shape index (κ3) is 3.87. The van der Waals surface area contributed by atoms with Crippen LogP contribution in [-0.4, -0.2) is 80.8 Å². The maximum absolute atomic E-state index is 14.2. The lowest BCUT2D eigenvalue weighted by atomic mass is 9.62. The summed E-state index contributed by atoms with van der Waals surface area (Å²) in [7, 11) is 0. The molecule has 3 aliphatic heterocycles. The molecule has 0 aliphatic carbocycles. The molecule has 3 heterocycles. The SMILES string of the molecule is C=CCN(CCCCC)C(=O)C1N([C@@H](CO)[C@@H](C)CC)C(=O)[C@@H]2[C@@H](C(=O)O)[C@]3(C)OC12CC3C. The lowest BCUT2D eigenvalue weighted by Crippen LogP contribution is -2.60. The van der Waals surface area contributed by atoms with Gasteiger partial charge in [-0.15, -0.1) is 6.58 Å². The fourth-order valence-corrected chi connectivity index (χ4v) is 6.68. The lowest BCUT2D eigenvalue weighted by molar-refractivity contribution is -0.161. The summed E-state index contributed by atoms with van der Waals surface area (Å²) in [5, 5.41) is 20.5. The van der Waals surface area contributed by atoms with Crippen LogP contribution in [0.2, 0.25) is 0 Å². The van der Waals surface area contributed by atoms with Crippen molar-refractivity contribution in [1.29, 1.82) is 0 Å². The van der Waals surface area contributed by atoms with E-state index >= 15 is 0 Å². The molecule has 3 unspecified atom stereocenters. The molecule has 34 heavy (non-hydrogen) atoms. The zero-order valence-corrected chi connectivity index (χ0v) is 21.3. The van der Waals surface area contributed by atoms with Crippen LogP contribution in [0.3, 0.4) is 0 Å². The van der Waals surface area contributed by atoms with Crippen LogP contribution < -0.4 is 0 Å². The third-order valence-electron chi connectivity index (χ3n) is 8.79. The Labute approximate surface area is 203 Å². The molecule has 8 nitrogen and oxygen atoms in total. The van der Waals surface area contributed by atoms with Gasteiger partial charge in [-0.05, 0) is 31.6 Å². The average Bonchev–Trinajstić information content (AvgIpc) is 3.30. The number of aliphatic carboxylic acids is 1. The first-order valence-electron chi connectivity index (χ1n) is 12.8. The van der Waals surface area contributed by atoms with Crippen LogP contribution in [0.1, 0.15) is 66.7 Å². The van der Waals surface area contributed by atoms with Crippen LogP contribution in [-0.2, 0) is 19.1 Å². The molecule has 8 atom stereocenters. The van der Waals surface area contributed by atoms with E-state index in [9.17, 15) is 24.6 Å². The second kappa shape index (κ2) is 9.97. The van der Waals surface area contributed by atoms with Gasteiger partial charge in [0.15, 0.2) is 0 Å². The molecule has 3 rings (SSSR count). The highest BCUT2D eigenvalue weighted by molar-refractivity contribution is 5.98. The van der Waals surface area contributed by atoms with Gasteiger partial charge in [-0.1, -0.05) is 53.0 Å². The minimum absolute atomic E-state index is 0.0686. The van der Waals surface area contributed by atoms with Crippen LogP contribution >= 0.6 is 0 Å². The molecule has 0 aromatic rings. The van der Waals surface area contributed by atoms with Crippen LogP contribution in [0.4, 0.5) is 0 Å². The lowest BCUT2D eigenvalue weighted by Gasteiger charge is -2.41. The van der Waals surface area contributed by atoms with Crippen molar-refractivity contribution in [2.45, 2.75) is 90.0 Å². The molecule has 192 valence electrons. The van der Waals surface area contributed by atoms with E-state index in [1.54, 1.807) is 17.9 Å². The monoisotopic (exact) mass is 478 g/mol. The molecule has 3 saturated heterocycles. The van der Waals surface area contributed by atoms with Gasteiger partial charge in [-0.2, -0.15) is 0 Å². The molecule has 0 radical (unpaired) electrons. The predicted octanol–water partition coefficient (Wildman–Crippen LogP) is 2.69. The highest BCUT2D eigenvalue weighted by Crippen LogP contribution is 2.65. The van der Waals surface area contributed by atoms with Crippen molar-refractivity contribution < 1.29 is 29.3 Å². The van der Waals surface area contributed by atoms with E-state index in [-0.39, 0.29) is 30.3 Å². The van der Waals surface area contributed by atoms with Gasteiger partial charge in [0.25, 0.3) is 0 Å². The normalized spacial score (nSPS) is 35.8. The van der Waals surface area contributed by atoms with E-state index in [1.807, 2.05) is 20.8 Å². The number of hydrogen-bond acceptors (Lipinski definition) is 5. The number of carbonyl (C=O) groups is 3. The summed E-state index contributed by atoms with van der Waals surface area (Å²) in [4.78, 5) is 43.9.